The third-order valence-corrected chi connectivity index (χ3v) is 2.56. The SMILES string of the molecule is CC1(C)CCc2cc(CO)nn21. The summed E-state index contributed by atoms with van der Waals surface area (Å²) in [7, 11) is 0. The fourth-order valence-electron chi connectivity index (χ4n) is 1.79. The Hall–Kier alpha value is -0.830. The lowest BCUT2D eigenvalue weighted by atomic mass is 10.0. The predicted molar refractivity (Wildman–Crippen MR) is 45.8 cm³/mol. The van der Waals surface area contributed by atoms with E-state index < -0.39 is 0 Å². The first kappa shape index (κ1) is 7.80. The molecule has 3 heteroatoms. The molecular weight excluding hydrogens is 152 g/mol. The fourth-order valence-corrected chi connectivity index (χ4v) is 1.79. The van der Waals surface area contributed by atoms with E-state index in [0.29, 0.717) is 0 Å². The zero-order valence-corrected chi connectivity index (χ0v) is 7.54. The van der Waals surface area contributed by atoms with Crippen molar-refractivity contribution in [3.8, 4) is 0 Å². The van der Waals surface area contributed by atoms with Gasteiger partial charge in [-0.1, -0.05) is 0 Å². The van der Waals surface area contributed by atoms with Gasteiger partial charge in [0.1, 0.15) is 0 Å². The van der Waals surface area contributed by atoms with E-state index in [1.54, 1.807) is 0 Å². The molecule has 0 fully saturated rings. The predicted octanol–water partition coefficient (Wildman–Crippen LogP) is 1.06. The van der Waals surface area contributed by atoms with E-state index in [1.807, 2.05) is 10.7 Å². The molecule has 1 aliphatic rings. The van der Waals surface area contributed by atoms with Gasteiger partial charge in [-0.25, -0.2) is 0 Å². The van der Waals surface area contributed by atoms with Crippen molar-refractivity contribution in [2.45, 2.75) is 38.8 Å². The van der Waals surface area contributed by atoms with E-state index in [2.05, 4.69) is 18.9 Å². The second-order valence-electron chi connectivity index (χ2n) is 4.01. The summed E-state index contributed by atoms with van der Waals surface area (Å²) < 4.78 is 2.04. The summed E-state index contributed by atoms with van der Waals surface area (Å²) in [4.78, 5) is 0. The van der Waals surface area contributed by atoms with Gasteiger partial charge in [0.05, 0.1) is 17.8 Å². The Kier molecular flexibility index (Phi) is 1.51. The van der Waals surface area contributed by atoms with E-state index in [9.17, 15) is 0 Å². The summed E-state index contributed by atoms with van der Waals surface area (Å²) in [5, 5.41) is 13.2. The van der Waals surface area contributed by atoms with Gasteiger partial charge in [-0.15, -0.1) is 0 Å². The quantitative estimate of drug-likeness (QED) is 0.677. The summed E-state index contributed by atoms with van der Waals surface area (Å²) in [5.74, 6) is 0. The van der Waals surface area contributed by atoms with Gasteiger partial charge < -0.3 is 5.11 Å². The van der Waals surface area contributed by atoms with Crippen LogP contribution in [-0.2, 0) is 18.6 Å². The van der Waals surface area contributed by atoms with Crippen molar-refractivity contribution in [2.75, 3.05) is 0 Å². The number of aryl methyl sites for hydroxylation is 1. The number of fused-ring (bicyclic) bond motifs is 1. The lowest BCUT2D eigenvalue weighted by molar-refractivity contribution is 0.268. The molecule has 0 unspecified atom stereocenters. The van der Waals surface area contributed by atoms with Gasteiger partial charge in [0, 0.05) is 5.69 Å². The van der Waals surface area contributed by atoms with Crippen LogP contribution in [0.15, 0.2) is 6.07 Å². The van der Waals surface area contributed by atoms with Crippen molar-refractivity contribution < 1.29 is 5.11 Å². The van der Waals surface area contributed by atoms with Crippen LogP contribution in [0.5, 0.6) is 0 Å². The first-order valence-corrected chi connectivity index (χ1v) is 4.33. The molecule has 2 rings (SSSR count). The lowest BCUT2D eigenvalue weighted by Crippen LogP contribution is -2.22. The highest BCUT2D eigenvalue weighted by Gasteiger charge is 2.30. The van der Waals surface area contributed by atoms with Crippen LogP contribution in [-0.4, -0.2) is 14.9 Å². The Labute approximate surface area is 72.0 Å². The van der Waals surface area contributed by atoms with E-state index >= 15 is 0 Å². The molecule has 66 valence electrons. The van der Waals surface area contributed by atoms with Gasteiger partial charge in [0.25, 0.3) is 0 Å². The van der Waals surface area contributed by atoms with Gasteiger partial charge in [-0.3, -0.25) is 4.68 Å². The van der Waals surface area contributed by atoms with Crippen molar-refractivity contribution in [3.05, 3.63) is 17.5 Å². The van der Waals surface area contributed by atoms with Crippen LogP contribution in [0.4, 0.5) is 0 Å². The highest BCUT2D eigenvalue weighted by atomic mass is 16.3. The standard InChI is InChI=1S/C9H14N2O/c1-9(2)4-3-8-5-7(6-12)10-11(8)9/h5,12H,3-4,6H2,1-2H3. The molecule has 0 radical (unpaired) electrons. The van der Waals surface area contributed by atoms with E-state index in [4.69, 9.17) is 5.11 Å². The molecule has 0 aliphatic carbocycles. The molecule has 1 aromatic rings. The first-order valence-electron chi connectivity index (χ1n) is 4.33. The smallest absolute Gasteiger partial charge is 0.0882 e. The summed E-state index contributed by atoms with van der Waals surface area (Å²) >= 11 is 0. The molecule has 1 aromatic heterocycles. The number of nitrogens with zero attached hydrogens (tertiary/aromatic N) is 2. The maximum absolute atomic E-state index is 8.89. The van der Waals surface area contributed by atoms with Crippen molar-refractivity contribution >= 4 is 0 Å². The first-order chi connectivity index (χ1) is 5.63. The van der Waals surface area contributed by atoms with Crippen LogP contribution < -0.4 is 0 Å². The van der Waals surface area contributed by atoms with Gasteiger partial charge in [-0.05, 0) is 32.8 Å². The second-order valence-corrected chi connectivity index (χ2v) is 4.01. The molecule has 0 spiro atoms. The van der Waals surface area contributed by atoms with Crippen molar-refractivity contribution in [1.82, 2.24) is 9.78 Å². The lowest BCUT2D eigenvalue weighted by Gasteiger charge is -2.18. The average molecular weight is 166 g/mol. The van der Waals surface area contributed by atoms with Crippen LogP contribution in [0, 0.1) is 0 Å². The number of aromatic nitrogens is 2. The third kappa shape index (κ3) is 0.966. The molecule has 3 nitrogen and oxygen atoms in total. The minimum absolute atomic E-state index is 0.0517. The Balaban J connectivity index is 2.44. The van der Waals surface area contributed by atoms with Crippen LogP contribution in [0.3, 0.4) is 0 Å². The average Bonchev–Trinajstić information content (AvgIpc) is 2.53. The van der Waals surface area contributed by atoms with Gasteiger partial charge >= 0.3 is 0 Å². The summed E-state index contributed by atoms with van der Waals surface area (Å²) in [5.41, 5.74) is 2.18. The molecule has 0 atom stereocenters. The Morgan fingerprint density at radius 1 is 1.67 bits per heavy atom. The number of hydrogen-bond acceptors (Lipinski definition) is 2. The topological polar surface area (TPSA) is 38.1 Å². The van der Waals surface area contributed by atoms with Crippen molar-refractivity contribution in [3.63, 3.8) is 0 Å². The number of hydrogen-bond donors (Lipinski definition) is 1. The van der Waals surface area contributed by atoms with Crippen molar-refractivity contribution in [1.29, 1.82) is 0 Å². The molecule has 1 N–H and O–H groups in total. The van der Waals surface area contributed by atoms with Crippen LogP contribution >= 0.6 is 0 Å². The molecular formula is C9H14N2O. The third-order valence-electron chi connectivity index (χ3n) is 2.56. The molecule has 12 heavy (non-hydrogen) atoms. The van der Waals surface area contributed by atoms with Gasteiger partial charge in [0.2, 0.25) is 0 Å². The summed E-state index contributed by atoms with van der Waals surface area (Å²) in [6, 6.07) is 1.99. The normalized spacial score (nSPS) is 19.6. The molecule has 0 saturated heterocycles. The summed E-state index contributed by atoms with van der Waals surface area (Å²) in [6.45, 7) is 4.41. The maximum atomic E-state index is 8.89. The Morgan fingerprint density at radius 2 is 2.42 bits per heavy atom. The van der Waals surface area contributed by atoms with Gasteiger partial charge in [-0.2, -0.15) is 5.10 Å². The molecule has 0 saturated carbocycles. The van der Waals surface area contributed by atoms with E-state index in [1.165, 1.54) is 5.69 Å². The zero-order chi connectivity index (χ0) is 8.77. The Morgan fingerprint density at radius 3 is 3.00 bits per heavy atom. The molecule has 2 heterocycles. The zero-order valence-electron chi connectivity index (χ0n) is 7.54. The number of aliphatic hydroxyl groups is 1. The van der Waals surface area contributed by atoms with E-state index in [-0.39, 0.29) is 12.1 Å². The minimum Gasteiger partial charge on any atom is -0.390 e. The fraction of sp³-hybridized carbons (Fsp3) is 0.667. The molecule has 0 bridgehead atoms. The Bertz CT molecular complexity index is 301. The van der Waals surface area contributed by atoms with E-state index in [0.717, 1.165) is 18.5 Å². The van der Waals surface area contributed by atoms with Crippen LogP contribution in [0.25, 0.3) is 0 Å². The molecule has 0 aromatic carbocycles. The number of rotatable bonds is 1. The monoisotopic (exact) mass is 166 g/mol. The van der Waals surface area contributed by atoms with Crippen LogP contribution in [0.2, 0.25) is 0 Å². The largest absolute Gasteiger partial charge is 0.390 e. The van der Waals surface area contributed by atoms with Crippen molar-refractivity contribution in [2.24, 2.45) is 0 Å². The summed E-state index contributed by atoms with van der Waals surface area (Å²) in [6.07, 6.45) is 2.24. The highest BCUT2D eigenvalue weighted by molar-refractivity contribution is 5.16. The highest BCUT2D eigenvalue weighted by Crippen LogP contribution is 2.30. The second kappa shape index (κ2) is 2.33. The van der Waals surface area contributed by atoms with Crippen LogP contribution in [0.1, 0.15) is 31.7 Å². The maximum Gasteiger partial charge on any atom is 0.0882 e. The minimum atomic E-state index is 0.0517. The molecule has 0 amide bonds. The van der Waals surface area contributed by atoms with Gasteiger partial charge in [0.15, 0.2) is 0 Å². The molecule has 1 aliphatic heterocycles. The number of aliphatic hydroxyl groups excluding tert-OH is 1.